The lowest BCUT2D eigenvalue weighted by Gasteiger charge is -2.50. The normalized spacial score (nSPS) is 18.9. The van der Waals surface area contributed by atoms with E-state index in [2.05, 4.69) is 30.6 Å². The monoisotopic (exact) mass is 287 g/mol. The maximum atomic E-state index is 9.94. The van der Waals surface area contributed by atoms with E-state index >= 15 is 0 Å². The Morgan fingerprint density at radius 1 is 1.53 bits per heavy atom. The molecule has 1 rings (SSSR count). The number of nitrogens with one attached hydrogen (secondary N) is 2. The molecule has 6 heteroatoms. The number of aliphatic hydroxyl groups is 1. The first-order chi connectivity index (χ1) is 9.17. The highest BCUT2D eigenvalue weighted by Gasteiger charge is 2.46. The van der Waals surface area contributed by atoms with E-state index in [-0.39, 0.29) is 5.54 Å². The van der Waals surface area contributed by atoms with E-state index in [0.717, 1.165) is 52.2 Å². The number of terminal acetylenes is 1. The van der Waals surface area contributed by atoms with Gasteiger partial charge in [0.1, 0.15) is 6.10 Å². The average molecular weight is 287 g/mol. The Hall–Kier alpha value is -0.210. The van der Waals surface area contributed by atoms with E-state index < -0.39 is 6.10 Å². The van der Waals surface area contributed by atoms with Gasteiger partial charge in [0.2, 0.25) is 0 Å². The second-order valence-corrected chi connectivity index (χ2v) is 5.38. The van der Waals surface area contributed by atoms with Crippen LogP contribution in [0.3, 0.4) is 0 Å². The van der Waals surface area contributed by atoms with Gasteiger partial charge in [-0.3, -0.25) is 4.90 Å². The molecule has 0 aromatic rings. The summed E-state index contributed by atoms with van der Waals surface area (Å²) in [6, 6.07) is 0. The quantitative estimate of drug-likeness (QED) is 0.285. The Kier molecular flexibility index (Phi) is 7.86. The predicted molar refractivity (Wildman–Crippen MR) is 80.8 cm³/mol. The molecule has 2 unspecified atom stereocenters. The van der Waals surface area contributed by atoms with Crippen LogP contribution in [0.2, 0.25) is 0 Å². The van der Waals surface area contributed by atoms with Gasteiger partial charge in [0.05, 0.1) is 5.54 Å². The molecule has 0 bridgehead atoms. The number of ether oxygens (including phenoxy) is 1. The first-order valence-electron chi connectivity index (χ1n) is 6.75. The Balaban J connectivity index is 2.16. The van der Waals surface area contributed by atoms with Crippen molar-refractivity contribution in [2.45, 2.75) is 24.5 Å². The number of likely N-dealkylation sites (N-methyl/N-ethyl adjacent to an activating group) is 1. The molecule has 0 aromatic carbocycles. The minimum atomic E-state index is -0.715. The van der Waals surface area contributed by atoms with Crippen LogP contribution >= 0.6 is 9.39 Å². The zero-order chi connectivity index (χ0) is 14.1. The lowest BCUT2D eigenvalue weighted by atomic mass is 9.84. The van der Waals surface area contributed by atoms with E-state index in [1.165, 1.54) is 0 Å². The fourth-order valence-corrected chi connectivity index (χ4v) is 2.42. The molecule has 5 nitrogen and oxygen atoms in total. The van der Waals surface area contributed by atoms with Gasteiger partial charge in [-0.1, -0.05) is 15.3 Å². The molecule has 0 spiro atoms. The second kappa shape index (κ2) is 8.86. The fraction of sp³-hybridized carbons (Fsp3) is 0.846. The molecule has 110 valence electrons. The molecular formula is C13H26N3O2P. The average Bonchev–Trinajstić information content (AvgIpc) is 2.36. The molecule has 2 atom stereocenters. The van der Waals surface area contributed by atoms with Crippen molar-refractivity contribution in [2.24, 2.45) is 0 Å². The molecule has 0 radical (unpaired) electrons. The van der Waals surface area contributed by atoms with Gasteiger partial charge < -0.3 is 20.2 Å². The molecule has 0 amide bonds. The molecular weight excluding hydrogens is 261 g/mol. The Morgan fingerprint density at radius 3 is 2.74 bits per heavy atom. The van der Waals surface area contributed by atoms with Crippen LogP contribution < -0.4 is 10.4 Å². The van der Waals surface area contributed by atoms with Crippen molar-refractivity contribution in [1.82, 2.24) is 15.3 Å². The van der Waals surface area contributed by atoms with Crippen molar-refractivity contribution in [1.29, 1.82) is 0 Å². The van der Waals surface area contributed by atoms with E-state index in [1.54, 1.807) is 0 Å². The highest BCUT2D eigenvalue weighted by atomic mass is 31.0. The van der Waals surface area contributed by atoms with Crippen molar-refractivity contribution < 1.29 is 9.84 Å². The molecule has 0 aromatic heterocycles. The summed E-state index contributed by atoms with van der Waals surface area (Å²) in [6.45, 7) is 4.85. The van der Waals surface area contributed by atoms with Crippen LogP contribution in [-0.2, 0) is 4.74 Å². The predicted octanol–water partition coefficient (Wildman–Crippen LogP) is -0.569. The molecule has 1 saturated heterocycles. The van der Waals surface area contributed by atoms with Gasteiger partial charge in [0, 0.05) is 39.4 Å². The maximum Gasteiger partial charge on any atom is 0.135 e. The third-order valence-corrected chi connectivity index (χ3v) is 3.97. The van der Waals surface area contributed by atoms with Gasteiger partial charge in [-0.25, -0.2) is 0 Å². The summed E-state index contributed by atoms with van der Waals surface area (Å²) < 4.78 is 5.54. The molecule has 1 fully saturated rings. The summed E-state index contributed by atoms with van der Waals surface area (Å²) in [4.78, 5) is 2.15. The molecule has 0 saturated carbocycles. The third kappa shape index (κ3) is 4.68. The van der Waals surface area contributed by atoms with Crippen LogP contribution in [0.5, 0.6) is 0 Å². The van der Waals surface area contributed by atoms with Crippen LogP contribution in [0.25, 0.3) is 0 Å². The van der Waals surface area contributed by atoms with E-state index in [9.17, 15) is 5.11 Å². The highest BCUT2D eigenvalue weighted by molar-refractivity contribution is 7.13. The first kappa shape index (κ1) is 16.8. The summed E-state index contributed by atoms with van der Waals surface area (Å²) >= 11 is 0. The summed E-state index contributed by atoms with van der Waals surface area (Å²) in [5.41, 5.74) is -0.294. The summed E-state index contributed by atoms with van der Waals surface area (Å²) in [5, 5.41) is 16.1. The molecule has 19 heavy (non-hydrogen) atoms. The number of aliphatic hydroxyl groups excluding tert-OH is 1. The molecule has 1 aliphatic heterocycles. The van der Waals surface area contributed by atoms with Crippen LogP contribution in [0.1, 0.15) is 12.8 Å². The van der Waals surface area contributed by atoms with Crippen molar-refractivity contribution in [3.63, 3.8) is 0 Å². The van der Waals surface area contributed by atoms with Crippen LogP contribution in [0.4, 0.5) is 0 Å². The third-order valence-electron chi connectivity index (χ3n) is 3.68. The Bertz CT molecular complexity index is 292. The van der Waals surface area contributed by atoms with Gasteiger partial charge in [0.25, 0.3) is 0 Å². The van der Waals surface area contributed by atoms with Gasteiger partial charge in [0.15, 0.2) is 0 Å². The molecule has 3 N–H and O–H groups in total. The number of hydrogen-bond acceptors (Lipinski definition) is 5. The fourth-order valence-electron chi connectivity index (χ4n) is 2.21. The minimum Gasteiger partial charge on any atom is -0.381 e. The van der Waals surface area contributed by atoms with Crippen molar-refractivity contribution in [2.75, 3.05) is 46.4 Å². The lowest BCUT2D eigenvalue weighted by Crippen LogP contribution is -2.73. The maximum absolute atomic E-state index is 9.94. The lowest BCUT2D eigenvalue weighted by molar-refractivity contribution is -0.0293. The standard InChI is InChI=1S/C13H26N3O2P/c1-3-12(17)13(10-14-11-13)16(2)7-5-9-18-8-4-6-15-19/h1,12,14-15,17H,4-11,19H2,2H3. The summed E-state index contributed by atoms with van der Waals surface area (Å²) in [7, 11) is 4.49. The van der Waals surface area contributed by atoms with Gasteiger partial charge in [-0.15, -0.1) is 6.42 Å². The van der Waals surface area contributed by atoms with Crippen molar-refractivity contribution in [3.8, 4) is 12.3 Å². The van der Waals surface area contributed by atoms with Crippen LogP contribution in [0, 0.1) is 12.3 Å². The van der Waals surface area contributed by atoms with Gasteiger partial charge in [-0.05, 0) is 19.9 Å². The van der Waals surface area contributed by atoms with Crippen molar-refractivity contribution >= 4 is 9.39 Å². The number of rotatable bonds is 10. The van der Waals surface area contributed by atoms with E-state index in [4.69, 9.17) is 11.2 Å². The Morgan fingerprint density at radius 2 is 2.21 bits per heavy atom. The minimum absolute atomic E-state index is 0.294. The summed E-state index contributed by atoms with van der Waals surface area (Å²) in [6.07, 6.45) is 6.59. The molecule has 0 aliphatic carbocycles. The smallest absolute Gasteiger partial charge is 0.135 e. The topological polar surface area (TPSA) is 56.8 Å². The number of nitrogens with zero attached hydrogens (tertiary/aromatic N) is 1. The van der Waals surface area contributed by atoms with E-state index in [0.29, 0.717) is 0 Å². The van der Waals surface area contributed by atoms with E-state index in [1.807, 2.05) is 7.05 Å². The zero-order valence-electron chi connectivity index (χ0n) is 11.7. The largest absolute Gasteiger partial charge is 0.381 e. The second-order valence-electron chi connectivity index (χ2n) is 4.97. The molecule has 1 heterocycles. The van der Waals surface area contributed by atoms with Crippen LogP contribution in [0.15, 0.2) is 0 Å². The van der Waals surface area contributed by atoms with Gasteiger partial charge in [-0.2, -0.15) is 0 Å². The van der Waals surface area contributed by atoms with Gasteiger partial charge >= 0.3 is 0 Å². The summed E-state index contributed by atoms with van der Waals surface area (Å²) in [5.74, 6) is 2.45. The zero-order valence-corrected chi connectivity index (χ0v) is 12.8. The van der Waals surface area contributed by atoms with Crippen molar-refractivity contribution in [3.05, 3.63) is 0 Å². The molecule has 1 aliphatic rings. The Labute approximate surface area is 118 Å². The highest BCUT2D eigenvalue weighted by Crippen LogP contribution is 2.23. The SMILES string of the molecule is C#CC(O)C1(N(C)CCCOCCCNP)CNC1. The number of hydrogen-bond donors (Lipinski definition) is 3. The first-order valence-corrected chi connectivity index (χ1v) is 7.32. The van der Waals surface area contributed by atoms with Crippen LogP contribution in [-0.4, -0.2) is 68.1 Å².